The van der Waals surface area contributed by atoms with Crippen LogP contribution >= 0.6 is 24.0 Å². The summed E-state index contributed by atoms with van der Waals surface area (Å²) in [6.07, 6.45) is -0.357. The van der Waals surface area contributed by atoms with Gasteiger partial charge in [-0.1, -0.05) is 12.1 Å². The largest absolute Gasteiger partial charge is 0.491 e. The highest BCUT2D eigenvalue weighted by molar-refractivity contribution is 14.0. The van der Waals surface area contributed by atoms with Crippen LogP contribution < -0.4 is 15.4 Å². The summed E-state index contributed by atoms with van der Waals surface area (Å²) in [5, 5.41) is 16.4. The van der Waals surface area contributed by atoms with Crippen molar-refractivity contribution in [2.45, 2.75) is 39.4 Å². The van der Waals surface area contributed by atoms with Crippen molar-refractivity contribution >= 4 is 35.9 Å². The third-order valence-corrected chi connectivity index (χ3v) is 3.25. The smallest absolute Gasteiger partial charge is 0.307 e. The van der Waals surface area contributed by atoms with E-state index in [1.807, 2.05) is 45.0 Å². The fourth-order valence-corrected chi connectivity index (χ4v) is 2.05. The molecule has 0 aliphatic rings. The molecule has 0 saturated heterocycles. The van der Waals surface area contributed by atoms with Crippen molar-refractivity contribution in [1.82, 2.24) is 10.6 Å². The molecule has 0 aromatic heterocycles. The Balaban J connectivity index is 0.00000625. The van der Waals surface area contributed by atoms with E-state index in [2.05, 4.69) is 20.4 Å². The number of carbonyl (C=O) groups excluding carboxylic acids is 1. The molecule has 1 rings (SSSR count). The monoisotopic (exact) mass is 479 g/mol. The number of rotatable bonds is 9. The Morgan fingerprint density at radius 1 is 1.23 bits per heavy atom. The van der Waals surface area contributed by atoms with Crippen molar-refractivity contribution in [3.05, 3.63) is 29.8 Å². The molecule has 1 atom stereocenters. The number of aliphatic hydroxyl groups is 1. The van der Waals surface area contributed by atoms with Gasteiger partial charge in [0.05, 0.1) is 32.3 Å². The Morgan fingerprint density at radius 2 is 1.88 bits per heavy atom. The number of aliphatic imine (C=N–C) groups is 1. The second-order valence-electron chi connectivity index (χ2n) is 5.72. The topological polar surface area (TPSA) is 92.2 Å². The normalized spacial score (nSPS) is 12.2. The summed E-state index contributed by atoms with van der Waals surface area (Å²) in [5.74, 6) is 1.03. The molecule has 0 radical (unpaired) electrons. The molecule has 0 saturated carbocycles. The highest BCUT2D eigenvalue weighted by atomic mass is 127. The van der Waals surface area contributed by atoms with Crippen LogP contribution in [0.4, 0.5) is 0 Å². The Kier molecular flexibility index (Phi) is 12.8. The summed E-state index contributed by atoms with van der Waals surface area (Å²) in [6.45, 7) is 7.18. The van der Waals surface area contributed by atoms with Gasteiger partial charge in [0, 0.05) is 13.1 Å². The maximum atomic E-state index is 11.1. The lowest BCUT2D eigenvalue weighted by molar-refractivity contribution is -0.140. The Morgan fingerprint density at radius 3 is 2.42 bits per heavy atom. The van der Waals surface area contributed by atoms with Crippen LogP contribution in [0.2, 0.25) is 0 Å². The zero-order chi connectivity index (χ0) is 18.7. The Bertz CT molecular complexity index is 550. The SMILES string of the molecule is CCNC(=NCC(O)c1ccc(OC(C)C)cc1)NCCC(=O)OC.I. The van der Waals surface area contributed by atoms with Gasteiger partial charge in [0.2, 0.25) is 0 Å². The summed E-state index contributed by atoms with van der Waals surface area (Å²) < 4.78 is 10.2. The van der Waals surface area contributed by atoms with E-state index < -0.39 is 6.10 Å². The molecule has 3 N–H and O–H groups in total. The number of ether oxygens (including phenoxy) is 2. The molecular weight excluding hydrogens is 449 g/mol. The van der Waals surface area contributed by atoms with Crippen LogP contribution in [-0.2, 0) is 9.53 Å². The number of methoxy groups -OCH3 is 1. The van der Waals surface area contributed by atoms with Gasteiger partial charge in [0.15, 0.2) is 5.96 Å². The zero-order valence-electron chi connectivity index (χ0n) is 15.8. The van der Waals surface area contributed by atoms with Crippen molar-refractivity contribution in [2.24, 2.45) is 4.99 Å². The molecule has 148 valence electrons. The molecule has 1 unspecified atom stereocenters. The third kappa shape index (κ3) is 9.81. The molecule has 1 aromatic rings. The van der Waals surface area contributed by atoms with Crippen molar-refractivity contribution in [1.29, 1.82) is 0 Å². The molecular formula is C18H30IN3O4. The molecule has 7 nitrogen and oxygen atoms in total. The molecule has 0 heterocycles. The number of benzene rings is 1. The van der Waals surface area contributed by atoms with Crippen molar-refractivity contribution < 1.29 is 19.4 Å². The summed E-state index contributed by atoms with van der Waals surface area (Å²) >= 11 is 0. The van der Waals surface area contributed by atoms with Gasteiger partial charge in [-0.3, -0.25) is 9.79 Å². The highest BCUT2D eigenvalue weighted by Crippen LogP contribution is 2.19. The molecule has 0 aliphatic heterocycles. The predicted octanol–water partition coefficient (Wildman–Crippen LogP) is 2.24. The van der Waals surface area contributed by atoms with Crippen LogP contribution in [0.1, 0.15) is 38.9 Å². The number of aliphatic hydroxyl groups excluding tert-OH is 1. The molecule has 0 spiro atoms. The van der Waals surface area contributed by atoms with Gasteiger partial charge in [-0.2, -0.15) is 0 Å². The number of guanidine groups is 1. The number of hydrogen-bond acceptors (Lipinski definition) is 5. The van der Waals surface area contributed by atoms with E-state index in [1.165, 1.54) is 7.11 Å². The van der Waals surface area contributed by atoms with E-state index in [9.17, 15) is 9.90 Å². The van der Waals surface area contributed by atoms with Gasteiger partial charge in [0.1, 0.15) is 5.75 Å². The minimum atomic E-state index is -0.718. The predicted molar refractivity (Wildman–Crippen MR) is 113 cm³/mol. The van der Waals surface area contributed by atoms with Crippen molar-refractivity contribution in [3.8, 4) is 5.75 Å². The number of hydrogen-bond donors (Lipinski definition) is 3. The first-order valence-corrected chi connectivity index (χ1v) is 8.50. The van der Waals surface area contributed by atoms with Crippen LogP contribution in [0.5, 0.6) is 5.75 Å². The van der Waals surface area contributed by atoms with Crippen LogP contribution in [-0.4, -0.2) is 49.9 Å². The van der Waals surface area contributed by atoms with E-state index in [0.717, 1.165) is 11.3 Å². The molecule has 1 aromatic carbocycles. The zero-order valence-corrected chi connectivity index (χ0v) is 18.2. The van der Waals surface area contributed by atoms with Crippen molar-refractivity contribution in [2.75, 3.05) is 26.7 Å². The van der Waals surface area contributed by atoms with Gasteiger partial charge in [0.25, 0.3) is 0 Å². The second kappa shape index (κ2) is 13.6. The van der Waals surface area contributed by atoms with E-state index in [0.29, 0.717) is 19.0 Å². The maximum Gasteiger partial charge on any atom is 0.307 e. The fourth-order valence-electron chi connectivity index (χ4n) is 2.05. The molecule has 0 aliphatic carbocycles. The molecule has 0 bridgehead atoms. The molecule has 8 heteroatoms. The lowest BCUT2D eigenvalue weighted by Gasteiger charge is -2.14. The average Bonchev–Trinajstić information content (AvgIpc) is 2.59. The minimum absolute atomic E-state index is 0. The molecule has 26 heavy (non-hydrogen) atoms. The first kappa shape index (κ1) is 24.5. The average molecular weight is 479 g/mol. The first-order chi connectivity index (χ1) is 12.0. The Hall–Kier alpha value is -1.55. The van der Waals surface area contributed by atoms with Crippen LogP contribution in [0.25, 0.3) is 0 Å². The minimum Gasteiger partial charge on any atom is -0.491 e. The van der Waals surface area contributed by atoms with Crippen LogP contribution in [0.15, 0.2) is 29.3 Å². The quantitative estimate of drug-likeness (QED) is 0.218. The first-order valence-electron chi connectivity index (χ1n) is 8.50. The summed E-state index contributed by atoms with van der Waals surface area (Å²) in [6, 6.07) is 7.33. The van der Waals surface area contributed by atoms with Gasteiger partial charge >= 0.3 is 5.97 Å². The number of halogens is 1. The van der Waals surface area contributed by atoms with E-state index in [4.69, 9.17) is 4.74 Å². The van der Waals surface area contributed by atoms with Gasteiger partial charge in [-0.05, 0) is 38.5 Å². The van der Waals surface area contributed by atoms with E-state index in [1.54, 1.807) is 0 Å². The van der Waals surface area contributed by atoms with Gasteiger partial charge in [-0.25, -0.2) is 0 Å². The molecule has 0 amide bonds. The number of nitrogens with one attached hydrogen (secondary N) is 2. The molecule has 0 fully saturated rings. The van der Waals surface area contributed by atoms with Gasteiger partial charge in [-0.15, -0.1) is 24.0 Å². The lowest BCUT2D eigenvalue weighted by Crippen LogP contribution is -2.38. The fraction of sp³-hybridized carbons (Fsp3) is 0.556. The van der Waals surface area contributed by atoms with Crippen LogP contribution in [0, 0.1) is 0 Å². The number of carbonyl (C=O) groups is 1. The van der Waals surface area contributed by atoms with Gasteiger partial charge < -0.3 is 25.2 Å². The third-order valence-electron chi connectivity index (χ3n) is 3.25. The lowest BCUT2D eigenvalue weighted by atomic mass is 10.1. The number of nitrogens with zero attached hydrogens (tertiary/aromatic N) is 1. The highest BCUT2D eigenvalue weighted by Gasteiger charge is 2.09. The standard InChI is InChI=1S/C18H29N3O4.HI/c1-5-19-18(20-11-10-17(23)24-4)21-12-16(22)14-6-8-15(9-7-14)25-13(2)3;/h6-9,13,16,22H,5,10-12H2,1-4H3,(H2,19,20,21);1H. The summed E-state index contributed by atoms with van der Waals surface area (Å²) in [5.41, 5.74) is 0.769. The second-order valence-corrected chi connectivity index (χ2v) is 5.72. The maximum absolute atomic E-state index is 11.1. The van der Waals surface area contributed by atoms with E-state index in [-0.39, 0.29) is 49.0 Å². The Labute approximate surface area is 172 Å². The van der Waals surface area contributed by atoms with Crippen LogP contribution in [0.3, 0.4) is 0 Å². The summed E-state index contributed by atoms with van der Waals surface area (Å²) in [4.78, 5) is 15.5. The van der Waals surface area contributed by atoms with Crippen molar-refractivity contribution in [3.63, 3.8) is 0 Å². The van der Waals surface area contributed by atoms with E-state index >= 15 is 0 Å². The number of esters is 1. The summed E-state index contributed by atoms with van der Waals surface area (Å²) in [7, 11) is 1.36.